The summed E-state index contributed by atoms with van der Waals surface area (Å²) in [5.41, 5.74) is 2.76. The Bertz CT molecular complexity index is 633. The fourth-order valence-corrected chi connectivity index (χ4v) is 1.62. The zero-order chi connectivity index (χ0) is 15.5. The number of anilines is 3. The van der Waals surface area contributed by atoms with Crippen LogP contribution in [0.3, 0.4) is 0 Å². The molecular weight excluding hydrogens is 287 g/mol. The van der Waals surface area contributed by atoms with Crippen molar-refractivity contribution in [3.05, 3.63) is 36.2 Å². The second-order valence-electron chi connectivity index (χ2n) is 4.03. The third-order valence-corrected chi connectivity index (χ3v) is 2.33. The van der Waals surface area contributed by atoms with Gasteiger partial charge in [-0.3, -0.25) is 0 Å². The van der Waals surface area contributed by atoms with Crippen molar-refractivity contribution in [1.29, 1.82) is 0 Å². The minimum Gasteiger partial charge on any atom is -0.406 e. The summed E-state index contributed by atoms with van der Waals surface area (Å²) in [6.45, 7) is 1.66. The molecule has 1 aromatic heterocycles. The Labute approximate surface area is 118 Å². The topological polar surface area (TPSA) is 85.1 Å². The van der Waals surface area contributed by atoms with E-state index in [-0.39, 0.29) is 5.75 Å². The van der Waals surface area contributed by atoms with Gasteiger partial charge < -0.3 is 15.5 Å². The molecule has 0 bridgehead atoms. The number of nitrogen functional groups attached to an aromatic ring is 1. The van der Waals surface area contributed by atoms with Crippen LogP contribution in [-0.2, 0) is 0 Å². The lowest BCUT2D eigenvalue weighted by Crippen LogP contribution is -2.17. The molecule has 0 aliphatic carbocycles. The molecule has 0 aliphatic rings. The first-order valence-corrected chi connectivity index (χ1v) is 5.81. The lowest BCUT2D eigenvalue weighted by atomic mass is 10.3. The molecule has 0 amide bonds. The molecule has 112 valence electrons. The summed E-state index contributed by atoms with van der Waals surface area (Å²) in [4.78, 5) is 8.10. The SMILES string of the molecule is Cc1nc(NN)cc(Nc2cccc(OC(F)(F)F)c2)n1. The van der Waals surface area contributed by atoms with Gasteiger partial charge in [0.1, 0.15) is 23.2 Å². The van der Waals surface area contributed by atoms with Crippen LogP contribution in [0.25, 0.3) is 0 Å². The molecule has 4 N–H and O–H groups in total. The third-order valence-electron chi connectivity index (χ3n) is 2.33. The number of hydrazine groups is 1. The van der Waals surface area contributed by atoms with Crippen LogP contribution >= 0.6 is 0 Å². The highest BCUT2D eigenvalue weighted by atomic mass is 19.4. The third kappa shape index (κ3) is 4.49. The largest absolute Gasteiger partial charge is 0.573 e. The monoisotopic (exact) mass is 299 g/mol. The van der Waals surface area contributed by atoms with E-state index in [0.717, 1.165) is 0 Å². The number of hydrogen-bond donors (Lipinski definition) is 3. The molecule has 0 atom stereocenters. The molecule has 0 spiro atoms. The van der Waals surface area contributed by atoms with E-state index in [9.17, 15) is 13.2 Å². The van der Waals surface area contributed by atoms with Gasteiger partial charge in [0.2, 0.25) is 0 Å². The number of halogens is 3. The molecule has 1 heterocycles. The minimum absolute atomic E-state index is 0.324. The molecule has 0 radical (unpaired) electrons. The molecule has 6 nitrogen and oxygen atoms in total. The zero-order valence-electron chi connectivity index (χ0n) is 10.9. The van der Waals surface area contributed by atoms with Gasteiger partial charge >= 0.3 is 6.36 Å². The van der Waals surface area contributed by atoms with Crippen molar-refractivity contribution in [2.24, 2.45) is 5.84 Å². The number of alkyl halides is 3. The number of aryl methyl sites for hydroxylation is 1. The van der Waals surface area contributed by atoms with Crippen LogP contribution in [-0.4, -0.2) is 16.3 Å². The Balaban J connectivity index is 2.20. The summed E-state index contributed by atoms with van der Waals surface area (Å²) in [7, 11) is 0. The predicted molar refractivity (Wildman–Crippen MR) is 71.0 cm³/mol. The number of ether oxygens (including phenoxy) is 1. The minimum atomic E-state index is -4.74. The van der Waals surface area contributed by atoms with Crippen molar-refractivity contribution in [3.63, 3.8) is 0 Å². The van der Waals surface area contributed by atoms with E-state index in [1.165, 1.54) is 24.3 Å². The van der Waals surface area contributed by atoms with E-state index < -0.39 is 6.36 Å². The van der Waals surface area contributed by atoms with E-state index in [1.54, 1.807) is 13.0 Å². The number of hydrogen-bond acceptors (Lipinski definition) is 6. The summed E-state index contributed by atoms with van der Waals surface area (Å²) < 4.78 is 40.3. The van der Waals surface area contributed by atoms with Gasteiger partial charge in [-0.2, -0.15) is 0 Å². The van der Waals surface area contributed by atoms with Crippen LogP contribution in [0.5, 0.6) is 5.75 Å². The summed E-state index contributed by atoms with van der Waals surface area (Å²) in [6, 6.07) is 6.94. The van der Waals surface area contributed by atoms with Crippen LogP contribution in [0.2, 0.25) is 0 Å². The fourth-order valence-electron chi connectivity index (χ4n) is 1.62. The molecule has 0 fully saturated rings. The van der Waals surface area contributed by atoms with Crippen LogP contribution in [0.15, 0.2) is 30.3 Å². The van der Waals surface area contributed by atoms with E-state index in [0.29, 0.717) is 23.1 Å². The van der Waals surface area contributed by atoms with Gasteiger partial charge in [0.25, 0.3) is 0 Å². The summed E-state index contributed by atoms with van der Waals surface area (Å²) in [6.07, 6.45) is -4.74. The molecule has 0 aliphatic heterocycles. The average molecular weight is 299 g/mol. The highest BCUT2D eigenvalue weighted by molar-refractivity contribution is 5.60. The number of benzene rings is 1. The van der Waals surface area contributed by atoms with E-state index in [1.807, 2.05) is 0 Å². The van der Waals surface area contributed by atoms with Crippen molar-refractivity contribution in [2.75, 3.05) is 10.7 Å². The smallest absolute Gasteiger partial charge is 0.406 e. The first kappa shape index (κ1) is 14.9. The maximum atomic E-state index is 12.2. The van der Waals surface area contributed by atoms with Crippen LogP contribution in [0.1, 0.15) is 5.82 Å². The number of nitrogens with one attached hydrogen (secondary N) is 2. The van der Waals surface area contributed by atoms with Crippen molar-refractivity contribution in [3.8, 4) is 5.75 Å². The Kier molecular flexibility index (Phi) is 4.13. The maximum Gasteiger partial charge on any atom is 0.573 e. The number of aromatic nitrogens is 2. The maximum absolute atomic E-state index is 12.2. The second kappa shape index (κ2) is 5.83. The average Bonchev–Trinajstić information content (AvgIpc) is 2.36. The van der Waals surface area contributed by atoms with Crippen LogP contribution in [0.4, 0.5) is 30.5 Å². The van der Waals surface area contributed by atoms with E-state index >= 15 is 0 Å². The molecule has 0 unspecified atom stereocenters. The lowest BCUT2D eigenvalue weighted by molar-refractivity contribution is -0.274. The number of nitrogens with zero attached hydrogens (tertiary/aromatic N) is 2. The predicted octanol–water partition coefficient (Wildman–Crippen LogP) is 2.71. The molecule has 21 heavy (non-hydrogen) atoms. The van der Waals surface area contributed by atoms with Gasteiger partial charge in [-0.05, 0) is 19.1 Å². The number of rotatable bonds is 4. The van der Waals surface area contributed by atoms with Gasteiger partial charge in [-0.25, -0.2) is 15.8 Å². The Hall–Kier alpha value is -2.55. The Morgan fingerprint density at radius 2 is 1.86 bits per heavy atom. The lowest BCUT2D eigenvalue weighted by Gasteiger charge is -2.11. The highest BCUT2D eigenvalue weighted by Crippen LogP contribution is 2.26. The van der Waals surface area contributed by atoms with Gasteiger partial charge in [-0.15, -0.1) is 13.2 Å². The fraction of sp³-hybridized carbons (Fsp3) is 0.167. The van der Waals surface area contributed by atoms with Crippen molar-refractivity contribution < 1.29 is 17.9 Å². The molecule has 1 aromatic carbocycles. The molecule has 2 aromatic rings. The van der Waals surface area contributed by atoms with Gasteiger partial charge in [0.05, 0.1) is 0 Å². The summed E-state index contributed by atoms with van der Waals surface area (Å²) in [5, 5.41) is 2.85. The van der Waals surface area contributed by atoms with Gasteiger partial charge in [-0.1, -0.05) is 6.07 Å². The van der Waals surface area contributed by atoms with Crippen LogP contribution in [0, 0.1) is 6.92 Å². The first-order valence-electron chi connectivity index (χ1n) is 5.81. The molecule has 2 rings (SSSR count). The van der Waals surface area contributed by atoms with Crippen molar-refractivity contribution >= 4 is 17.3 Å². The van der Waals surface area contributed by atoms with Crippen molar-refractivity contribution in [1.82, 2.24) is 9.97 Å². The van der Waals surface area contributed by atoms with Gasteiger partial charge in [0.15, 0.2) is 0 Å². The molecule has 9 heteroatoms. The molecular formula is C12H12F3N5O. The summed E-state index contributed by atoms with van der Waals surface area (Å²) in [5.74, 6) is 6.16. The van der Waals surface area contributed by atoms with Crippen molar-refractivity contribution in [2.45, 2.75) is 13.3 Å². The second-order valence-corrected chi connectivity index (χ2v) is 4.03. The molecule has 0 saturated carbocycles. The Morgan fingerprint density at radius 1 is 1.14 bits per heavy atom. The quantitative estimate of drug-likeness (QED) is 0.594. The van der Waals surface area contributed by atoms with Gasteiger partial charge in [0, 0.05) is 17.8 Å². The standard InChI is InChI=1S/C12H12F3N5O/c1-7-17-10(6-11(18-7)20-16)19-8-3-2-4-9(5-8)21-12(13,14)15/h2-6H,16H2,1H3,(H2,17,18,19,20). The highest BCUT2D eigenvalue weighted by Gasteiger charge is 2.31. The normalized spacial score (nSPS) is 11.1. The first-order chi connectivity index (χ1) is 9.85. The van der Waals surface area contributed by atoms with E-state index in [4.69, 9.17) is 5.84 Å². The Morgan fingerprint density at radius 3 is 2.52 bits per heavy atom. The summed E-state index contributed by atoms with van der Waals surface area (Å²) >= 11 is 0. The van der Waals surface area contributed by atoms with E-state index in [2.05, 4.69) is 25.4 Å². The zero-order valence-corrected chi connectivity index (χ0v) is 10.9. The van der Waals surface area contributed by atoms with Crippen LogP contribution < -0.4 is 21.3 Å². The molecule has 0 saturated heterocycles. The number of nitrogens with two attached hydrogens (primary N) is 1.